The maximum absolute atomic E-state index is 12.2. The Morgan fingerprint density at radius 1 is 1.47 bits per heavy atom. The summed E-state index contributed by atoms with van der Waals surface area (Å²) in [5.74, 6) is 0.317. The van der Waals surface area contributed by atoms with E-state index >= 15 is 0 Å². The van der Waals surface area contributed by atoms with Crippen LogP contribution >= 0.6 is 22.9 Å². The molecule has 1 N–H and O–H groups in total. The third-order valence-corrected chi connectivity index (χ3v) is 2.95. The van der Waals surface area contributed by atoms with Crippen LogP contribution in [0.1, 0.15) is 18.4 Å². The van der Waals surface area contributed by atoms with E-state index in [1.807, 2.05) is 6.92 Å². The zero-order valence-electron chi connectivity index (χ0n) is 7.81. The molecule has 0 aliphatic heterocycles. The van der Waals surface area contributed by atoms with Gasteiger partial charge in [0.2, 0.25) is 10.1 Å². The molecule has 1 atom stereocenters. The molecule has 1 unspecified atom stereocenters. The second kappa shape index (κ2) is 4.98. The van der Waals surface area contributed by atoms with Crippen molar-refractivity contribution >= 4 is 28.1 Å². The molecule has 8 heteroatoms. The molecular formula is C7H9ClF3N3S. The van der Waals surface area contributed by atoms with E-state index < -0.39 is 11.2 Å². The summed E-state index contributed by atoms with van der Waals surface area (Å²) in [6, 6.07) is -0.0827. The Bertz CT molecular complexity index is 311. The molecule has 15 heavy (non-hydrogen) atoms. The monoisotopic (exact) mass is 259 g/mol. The molecule has 1 heterocycles. The van der Waals surface area contributed by atoms with Gasteiger partial charge in [0.05, 0.1) is 0 Å². The topological polar surface area (TPSA) is 37.8 Å². The largest absolute Gasteiger partial charge is 0.445 e. The van der Waals surface area contributed by atoms with Gasteiger partial charge < -0.3 is 5.32 Å². The van der Waals surface area contributed by atoms with Crippen LogP contribution in [0.4, 0.5) is 18.3 Å². The SMILES string of the molecule is CCC(CCl)Nc1nnc(C(F)(F)F)s1. The van der Waals surface area contributed by atoms with E-state index in [4.69, 9.17) is 11.6 Å². The maximum Gasteiger partial charge on any atom is 0.445 e. The van der Waals surface area contributed by atoms with Crippen LogP contribution < -0.4 is 5.32 Å². The highest BCUT2D eigenvalue weighted by Gasteiger charge is 2.35. The Labute approximate surface area is 93.7 Å². The second-order valence-electron chi connectivity index (χ2n) is 2.81. The molecule has 0 aliphatic rings. The van der Waals surface area contributed by atoms with Crippen molar-refractivity contribution in [2.45, 2.75) is 25.6 Å². The third-order valence-electron chi connectivity index (χ3n) is 1.67. The van der Waals surface area contributed by atoms with Crippen molar-refractivity contribution in [1.82, 2.24) is 10.2 Å². The smallest absolute Gasteiger partial charge is 0.356 e. The van der Waals surface area contributed by atoms with E-state index in [9.17, 15) is 13.2 Å². The lowest BCUT2D eigenvalue weighted by molar-refractivity contribution is -0.138. The van der Waals surface area contributed by atoms with Crippen LogP contribution in [0, 0.1) is 0 Å². The Kier molecular flexibility index (Phi) is 4.15. The van der Waals surface area contributed by atoms with E-state index in [0.717, 1.165) is 0 Å². The van der Waals surface area contributed by atoms with Crippen LogP contribution in [-0.2, 0) is 6.18 Å². The van der Waals surface area contributed by atoms with Crippen molar-refractivity contribution in [2.75, 3.05) is 11.2 Å². The molecular weight excluding hydrogens is 251 g/mol. The average molecular weight is 260 g/mol. The number of nitrogens with zero attached hydrogens (tertiary/aromatic N) is 2. The van der Waals surface area contributed by atoms with Crippen LogP contribution in [0.25, 0.3) is 0 Å². The van der Waals surface area contributed by atoms with Gasteiger partial charge in [-0.05, 0) is 6.42 Å². The summed E-state index contributed by atoms with van der Waals surface area (Å²) in [6.45, 7) is 1.88. The number of alkyl halides is 4. The summed E-state index contributed by atoms with van der Waals surface area (Å²) in [7, 11) is 0. The van der Waals surface area contributed by atoms with Crippen molar-refractivity contribution < 1.29 is 13.2 Å². The van der Waals surface area contributed by atoms with Crippen LogP contribution in [-0.4, -0.2) is 22.1 Å². The summed E-state index contributed by atoms with van der Waals surface area (Å²) in [5, 5.41) is 8.43. The van der Waals surface area contributed by atoms with E-state index in [1.165, 1.54) is 0 Å². The molecule has 3 nitrogen and oxygen atoms in total. The van der Waals surface area contributed by atoms with Crippen molar-refractivity contribution in [3.63, 3.8) is 0 Å². The number of anilines is 1. The van der Waals surface area contributed by atoms with Crippen molar-refractivity contribution in [3.05, 3.63) is 5.01 Å². The van der Waals surface area contributed by atoms with Gasteiger partial charge in [-0.3, -0.25) is 0 Å². The molecule has 1 aromatic rings. The molecule has 0 saturated heterocycles. The maximum atomic E-state index is 12.2. The lowest BCUT2D eigenvalue weighted by Crippen LogP contribution is -2.19. The van der Waals surface area contributed by atoms with Gasteiger partial charge in [-0.25, -0.2) is 0 Å². The lowest BCUT2D eigenvalue weighted by Gasteiger charge is -2.11. The van der Waals surface area contributed by atoms with Gasteiger partial charge in [-0.1, -0.05) is 18.3 Å². The van der Waals surface area contributed by atoms with Crippen LogP contribution in [0.2, 0.25) is 0 Å². The summed E-state index contributed by atoms with van der Waals surface area (Å²) >= 11 is 6.07. The van der Waals surface area contributed by atoms with E-state index in [0.29, 0.717) is 23.6 Å². The minimum absolute atomic E-state index is 0.0827. The third kappa shape index (κ3) is 3.49. The first-order valence-corrected chi connectivity index (χ1v) is 5.55. The summed E-state index contributed by atoms with van der Waals surface area (Å²) in [4.78, 5) is 0. The molecule has 0 saturated carbocycles. The first-order chi connectivity index (χ1) is 6.97. The van der Waals surface area contributed by atoms with Gasteiger partial charge in [-0.2, -0.15) is 13.2 Å². The van der Waals surface area contributed by atoms with Crippen LogP contribution in [0.5, 0.6) is 0 Å². The van der Waals surface area contributed by atoms with Gasteiger partial charge in [0.15, 0.2) is 0 Å². The van der Waals surface area contributed by atoms with E-state index in [1.54, 1.807) is 0 Å². The number of rotatable bonds is 4. The minimum atomic E-state index is -4.43. The quantitative estimate of drug-likeness (QED) is 0.845. The minimum Gasteiger partial charge on any atom is -0.356 e. The zero-order chi connectivity index (χ0) is 11.5. The average Bonchev–Trinajstić information content (AvgIpc) is 2.61. The summed E-state index contributed by atoms with van der Waals surface area (Å²) in [6.07, 6.45) is -3.72. The lowest BCUT2D eigenvalue weighted by atomic mass is 10.3. The molecule has 0 fully saturated rings. The highest BCUT2D eigenvalue weighted by atomic mass is 35.5. The van der Waals surface area contributed by atoms with Crippen LogP contribution in [0.3, 0.4) is 0 Å². The first kappa shape index (κ1) is 12.5. The van der Waals surface area contributed by atoms with Gasteiger partial charge in [0.1, 0.15) is 0 Å². The van der Waals surface area contributed by atoms with E-state index in [2.05, 4.69) is 15.5 Å². The van der Waals surface area contributed by atoms with Gasteiger partial charge in [-0.15, -0.1) is 21.8 Å². The Morgan fingerprint density at radius 2 is 2.13 bits per heavy atom. The molecule has 1 aromatic heterocycles. The van der Waals surface area contributed by atoms with Gasteiger partial charge >= 0.3 is 6.18 Å². The van der Waals surface area contributed by atoms with Crippen molar-refractivity contribution in [1.29, 1.82) is 0 Å². The molecule has 0 bridgehead atoms. The predicted molar refractivity (Wildman–Crippen MR) is 53.3 cm³/mol. The number of halogens is 4. The molecule has 0 aromatic carbocycles. The summed E-state index contributed by atoms with van der Waals surface area (Å²) < 4.78 is 36.5. The highest BCUT2D eigenvalue weighted by molar-refractivity contribution is 7.15. The Morgan fingerprint density at radius 3 is 2.53 bits per heavy atom. The fraction of sp³-hybridized carbons (Fsp3) is 0.714. The standard InChI is InChI=1S/C7H9ClF3N3S/c1-2-4(3-8)12-6-14-13-5(15-6)7(9,10)11/h4H,2-3H2,1H3,(H,12,14). The highest BCUT2D eigenvalue weighted by Crippen LogP contribution is 2.33. The molecule has 0 spiro atoms. The number of nitrogens with one attached hydrogen (secondary N) is 1. The van der Waals surface area contributed by atoms with Gasteiger partial charge in [0, 0.05) is 11.9 Å². The Hall–Kier alpha value is -0.560. The molecule has 1 rings (SSSR count). The normalized spacial score (nSPS) is 13.9. The molecule has 0 radical (unpaired) electrons. The number of hydrogen-bond acceptors (Lipinski definition) is 4. The first-order valence-electron chi connectivity index (χ1n) is 4.20. The number of aromatic nitrogens is 2. The zero-order valence-corrected chi connectivity index (χ0v) is 9.38. The van der Waals surface area contributed by atoms with Gasteiger partial charge in [0.25, 0.3) is 0 Å². The van der Waals surface area contributed by atoms with Crippen molar-refractivity contribution in [2.24, 2.45) is 0 Å². The fourth-order valence-electron chi connectivity index (χ4n) is 0.820. The van der Waals surface area contributed by atoms with Crippen molar-refractivity contribution in [3.8, 4) is 0 Å². The van der Waals surface area contributed by atoms with Crippen LogP contribution in [0.15, 0.2) is 0 Å². The summed E-state index contributed by atoms with van der Waals surface area (Å²) in [5.41, 5.74) is 0. The molecule has 0 aliphatic carbocycles. The molecule has 0 amide bonds. The second-order valence-corrected chi connectivity index (χ2v) is 4.10. The predicted octanol–water partition coefficient (Wildman–Crippen LogP) is 2.99. The fourth-order valence-corrected chi connectivity index (χ4v) is 1.80. The molecule has 86 valence electrons. The Balaban J connectivity index is 2.68. The van der Waals surface area contributed by atoms with E-state index in [-0.39, 0.29) is 11.2 Å². The number of hydrogen-bond donors (Lipinski definition) is 1.